The largest absolute Gasteiger partial charge is 0.487 e. The first-order valence-electron chi connectivity index (χ1n) is 12.0. The Bertz CT molecular complexity index is 1280. The number of nitrogens with zero attached hydrogens (tertiary/aromatic N) is 1. The summed E-state index contributed by atoms with van der Waals surface area (Å²) in [6, 6.07) is 16.0. The van der Waals surface area contributed by atoms with E-state index in [2.05, 4.69) is 15.6 Å². The molecule has 2 N–H and O–H groups in total. The van der Waals surface area contributed by atoms with Crippen LogP contribution in [-0.2, 0) is 16.1 Å². The van der Waals surface area contributed by atoms with E-state index in [4.69, 9.17) is 18.9 Å². The lowest BCUT2D eigenvalue weighted by atomic mass is 10.1. The number of nitrogens with one attached hydrogen (secondary N) is 2. The monoisotopic (exact) mass is 501 g/mol. The molecule has 0 spiro atoms. The molecule has 9 nitrogen and oxygen atoms in total. The number of carbonyl (C=O) groups excluding carboxylic acids is 2. The van der Waals surface area contributed by atoms with Crippen LogP contribution in [0.3, 0.4) is 0 Å². The average Bonchev–Trinajstić information content (AvgIpc) is 3.58. The van der Waals surface area contributed by atoms with E-state index in [1.807, 2.05) is 19.1 Å². The van der Waals surface area contributed by atoms with Crippen LogP contribution in [0.15, 0.2) is 73.3 Å². The van der Waals surface area contributed by atoms with Crippen molar-refractivity contribution in [2.75, 3.05) is 11.9 Å². The van der Waals surface area contributed by atoms with Gasteiger partial charge in [-0.1, -0.05) is 6.07 Å². The van der Waals surface area contributed by atoms with E-state index >= 15 is 0 Å². The van der Waals surface area contributed by atoms with Crippen molar-refractivity contribution in [2.45, 2.75) is 38.7 Å². The Hall–Kier alpha value is -4.53. The number of ether oxygens (including phenoxy) is 4. The summed E-state index contributed by atoms with van der Waals surface area (Å²) < 4.78 is 21.7. The van der Waals surface area contributed by atoms with E-state index in [-0.39, 0.29) is 31.1 Å². The van der Waals surface area contributed by atoms with Gasteiger partial charge >= 0.3 is 0 Å². The molecule has 190 valence electrons. The molecule has 1 aliphatic carbocycles. The van der Waals surface area contributed by atoms with Crippen molar-refractivity contribution in [3.8, 4) is 11.5 Å². The molecular formula is C28H27N3O6. The fourth-order valence-electron chi connectivity index (χ4n) is 3.54. The molecule has 0 bridgehead atoms. The van der Waals surface area contributed by atoms with Crippen LogP contribution >= 0.6 is 0 Å². The topological polar surface area (TPSA) is 108 Å². The molecule has 2 heterocycles. The maximum atomic E-state index is 12.8. The van der Waals surface area contributed by atoms with E-state index in [1.165, 1.54) is 12.5 Å². The van der Waals surface area contributed by atoms with Crippen molar-refractivity contribution in [2.24, 2.45) is 0 Å². The van der Waals surface area contributed by atoms with Crippen LogP contribution in [0, 0.1) is 6.92 Å². The van der Waals surface area contributed by atoms with Crippen LogP contribution in [0.1, 0.15) is 44.8 Å². The van der Waals surface area contributed by atoms with E-state index in [0.29, 0.717) is 28.3 Å². The number of rotatable bonds is 10. The summed E-state index contributed by atoms with van der Waals surface area (Å²) >= 11 is 0. The van der Waals surface area contributed by atoms with Crippen LogP contribution in [0.2, 0.25) is 0 Å². The van der Waals surface area contributed by atoms with Crippen molar-refractivity contribution in [3.63, 3.8) is 0 Å². The fourth-order valence-corrected chi connectivity index (χ4v) is 3.54. The van der Waals surface area contributed by atoms with Gasteiger partial charge < -0.3 is 29.6 Å². The van der Waals surface area contributed by atoms with Gasteiger partial charge in [-0.25, -0.2) is 0 Å². The van der Waals surface area contributed by atoms with Gasteiger partial charge in [-0.3, -0.25) is 14.6 Å². The van der Waals surface area contributed by atoms with Crippen LogP contribution in [0.4, 0.5) is 5.69 Å². The van der Waals surface area contributed by atoms with Gasteiger partial charge in [0.2, 0.25) is 0 Å². The van der Waals surface area contributed by atoms with Crippen molar-refractivity contribution in [3.05, 3.63) is 95.7 Å². The number of benzene rings is 2. The summed E-state index contributed by atoms with van der Waals surface area (Å²) in [4.78, 5) is 29.5. The first-order chi connectivity index (χ1) is 18.0. The number of anilines is 1. The standard InChI is InChI=1S/C28H27N3O6/c1-18-2-3-20(28(33)30-21-6-7-21)14-25(18)31-27(32)19-4-9-23(10-5-19)36-16-22-8-11-24(15-29-22)37-17-26-34-12-13-35-26/h2-5,8-15,21,26H,6-7,16-17H2,1H3,(H,30,33)(H,31,32). The van der Waals surface area contributed by atoms with Gasteiger partial charge in [0.1, 0.15) is 30.6 Å². The summed E-state index contributed by atoms with van der Waals surface area (Å²) in [5.41, 5.74) is 3.21. The zero-order chi connectivity index (χ0) is 25.6. The lowest BCUT2D eigenvalue weighted by Gasteiger charge is -2.12. The van der Waals surface area contributed by atoms with Crippen molar-refractivity contribution in [1.82, 2.24) is 10.3 Å². The molecule has 37 heavy (non-hydrogen) atoms. The quantitative estimate of drug-likeness (QED) is 0.426. The predicted molar refractivity (Wildman–Crippen MR) is 135 cm³/mol. The average molecular weight is 502 g/mol. The highest BCUT2D eigenvalue weighted by molar-refractivity contribution is 6.05. The van der Waals surface area contributed by atoms with E-state index in [9.17, 15) is 9.59 Å². The van der Waals surface area contributed by atoms with Crippen LogP contribution < -0.4 is 20.1 Å². The van der Waals surface area contributed by atoms with Crippen LogP contribution in [0.5, 0.6) is 11.5 Å². The van der Waals surface area contributed by atoms with Gasteiger partial charge in [-0.05, 0) is 73.9 Å². The molecule has 5 rings (SSSR count). The van der Waals surface area contributed by atoms with Gasteiger partial charge in [-0.15, -0.1) is 0 Å². The number of hydrogen-bond acceptors (Lipinski definition) is 7. The predicted octanol–water partition coefficient (Wildman–Crippen LogP) is 4.34. The Morgan fingerprint density at radius 3 is 2.35 bits per heavy atom. The van der Waals surface area contributed by atoms with Crippen LogP contribution in [-0.4, -0.2) is 35.7 Å². The number of pyridine rings is 1. The highest BCUT2D eigenvalue weighted by Crippen LogP contribution is 2.22. The molecule has 1 aliphatic heterocycles. The Morgan fingerprint density at radius 2 is 1.65 bits per heavy atom. The molecule has 2 aliphatic rings. The third-order valence-corrected chi connectivity index (χ3v) is 5.86. The molecule has 2 aromatic carbocycles. The molecule has 9 heteroatoms. The Balaban J connectivity index is 1.12. The second kappa shape index (κ2) is 11.0. The molecule has 1 fully saturated rings. The second-order valence-corrected chi connectivity index (χ2v) is 8.81. The molecule has 2 amide bonds. The maximum Gasteiger partial charge on any atom is 0.273 e. The second-order valence-electron chi connectivity index (χ2n) is 8.81. The minimum absolute atomic E-state index is 0.123. The molecule has 0 radical (unpaired) electrons. The molecule has 0 atom stereocenters. The van der Waals surface area contributed by atoms with Gasteiger partial charge in [0.15, 0.2) is 6.61 Å². The summed E-state index contributed by atoms with van der Waals surface area (Å²) in [7, 11) is 0. The first-order valence-corrected chi connectivity index (χ1v) is 12.0. The lowest BCUT2D eigenvalue weighted by Crippen LogP contribution is -2.25. The number of aryl methyl sites for hydroxylation is 1. The summed E-state index contributed by atoms with van der Waals surface area (Å²) in [6.07, 6.45) is 6.15. The van der Waals surface area contributed by atoms with E-state index < -0.39 is 6.29 Å². The SMILES string of the molecule is Cc1ccc(C(=O)NC2CC2)cc1NC(=O)c1ccc(OCc2ccc(OCC3OC=CO3)cn2)cc1. The zero-order valence-electron chi connectivity index (χ0n) is 20.3. The number of amides is 2. The number of carbonyl (C=O) groups is 2. The van der Waals surface area contributed by atoms with Gasteiger partial charge in [0.05, 0.1) is 11.9 Å². The normalized spacial score (nSPS) is 14.4. The Kier molecular flexibility index (Phi) is 7.21. The molecular weight excluding hydrogens is 474 g/mol. The number of aromatic nitrogens is 1. The van der Waals surface area contributed by atoms with Crippen molar-refractivity contribution < 1.29 is 28.5 Å². The van der Waals surface area contributed by atoms with Gasteiger partial charge in [0, 0.05) is 22.9 Å². The highest BCUT2D eigenvalue weighted by atomic mass is 16.7. The number of hydrogen-bond donors (Lipinski definition) is 2. The van der Waals surface area contributed by atoms with E-state index in [0.717, 1.165) is 24.1 Å². The Labute approximate surface area is 214 Å². The maximum absolute atomic E-state index is 12.8. The Morgan fingerprint density at radius 1 is 0.919 bits per heavy atom. The van der Waals surface area contributed by atoms with Crippen molar-refractivity contribution >= 4 is 17.5 Å². The highest BCUT2D eigenvalue weighted by Gasteiger charge is 2.24. The van der Waals surface area contributed by atoms with Crippen molar-refractivity contribution in [1.29, 1.82) is 0 Å². The summed E-state index contributed by atoms with van der Waals surface area (Å²) in [5, 5.41) is 5.86. The smallest absolute Gasteiger partial charge is 0.273 e. The zero-order valence-corrected chi connectivity index (χ0v) is 20.3. The molecule has 0 unspecified atom stereocenters. The van der Waals surface area contributed by atoms with Gasteiger partial charge in [0.25, 0.3) is 18.1 Å². The van der Waals surface area contributed by atoms with Crippen LogP contribution in [0.25, 0.3) is 0 Å². The molecule has 0 saturated heterocycles. The summed E-state index contributed by atoms with van der Waals surface area (Å²) in [5.74, 6) is 0.817. The lowest BCUT2D eigenvalue weighted by molar-refractivity contribution is -0.0521. The third kappa shape index (κ3) is 6.58. The third-order valence-electron chi connectivity index (χ3n) is 5.86. The first kappa shape index (κ1) is 24.2. The fraction of sp³-hybridized carbons (Fsp3) is 0.250. The molecule has 3 aromatic rings. The van der Waals surface area contributed by atoms with E-state index in [1.54, 1.807) is 48.7 Å². The minimum Gasteiger partial charge on any atom is -0.487 e. The van der Waals surface area contributed by atoms with Gasteiger partial charge in [-0.2, -0.15) is 0 Å². The minimum atomic E-state index is -0.444. The molecule has 1 aromatic heterocycles. The molecule has 1 saturated carbocycles. The summed E-state index contributed by atoms with van der Waals surface area (Å²) in [6.45, 7) is 2.41.